The molecule has 0 aliphatic carbocycles. The van der Waals surface area contributed by atoms with Crippen molar-refractivity contribution in [1.29, 1.82) is 0 Å². The van der Waals surface area contributed by atoms with E-state index in [0.717, 1.165) is 25.4 Å². The summed E-state index contributed by atoms with van der Waals surface area (Å²) in [6.45, 7) is 3.23. The second-order valence-electron chi connectivity index (χ2n) is 7.13. The number of ether oxygens (including phenoxy) is 1. The fourth-order valence-electron chi connectivity index (χ4n) is 3.70. The van der Waals surface area contributed by atoms with Crippen LogP contribution in [0.5, 0.6) is 5.75 Å². The Labute approximate surface area is 165 Å². The van der Waals surface area contributed by atoms with Crippen LogP contribution in [0, 0.1) is 0 Å². The highest BCUT2D eigenvalue weighted by molar-refractivity contribution is 5.94. The monoisotopic (exact) mass is 375 g/mol. The zero-order valence-corrected chi connectivity index (χ0v) is 16.0. The first-order valence-electron chi connectivity index (χ1n) is 9.57. The maximum Gasteiger partial charge on any atom is 0.251 e. The molecule has 28 heavy (non-hydrogen) atoms. The Hall–Kier alpha value is -3.05. The lowest BCUT2D eigenvalue weighted by atomic mass is 10.1. The lowest BCUT2D eigenvalue weighted by Gasteiger charge is -2.37. The summed E-state index contributed by atoms with van der Waals surface area (Å²) in [6, 6.07) is 22.2. The van der Waals surface area contributed by atoms with Crippen LogP contribution in [0.2, 0.25) is 0 Å². The van der Waals surface area contributed by atoms with E-state index in [0.29, 0.717) is 12.1 Å². The molecule has 5 heteroatoms. The summed E-state index contributed by atoms with van der Waals surface area (Å²) >= 11 is 0. The van der Waals surface area contributed by atoms with Crippen LogP contribution >= 0.6 is 0 Å². The van der Waals surface area contributed by atoms with Gasteiger partial charge in [-0.15, -0.1) is 0 Å². The van der Waals surface area contributed by atoms with Gasteiger partial charge in [-0.2, -0.15) is 0 Å². The summed E-state index contributed by atoms with van der Waals surface area (Å²) in [4.78, 5) is 15.0. The van der Waals surface area contributed by atoms with E-state index in [-0.39, 0.29) is 11.9 Å². The van der Waals surface area contributed by atoms with Gasteiger partial charge in [-0.05, 0) is 42.0 Å². The Morgan fingerprint density at radius 1 is 1.07 bits per heavy atom. The number of carbonyl (C=O) groups is 1. The largest absolute Gasteiger partial charge is 0.497 e. The molecule has 4 rings (SSSR count). The van der Waals surface area contributed by atoms with E-state index in [4.69, 9.17) is 4.74 Å². The third-order valence-corrected chi connectivity index (χ3v) is 5.29. The van der Waals surface area contributed by atoms with Crippen molar-refractivity contribution in [1.82, 2.24) is 14.8 Å². The Morgan fingerprint density at radius 2 is 1.86 bits per heavy atom. The Bertz CT molecular complexity index is 919. The topological polar surface area (TPSA) is 46.5 Å². The molecule has 1 unspecified atom stereocenters. The summed E-state index contributed by atoms with van der Waals surface area (Å²) in [6.07, 6.45) is 2.12. The van der Waals surface area contributed by atoms with Gasteiger partial charge in [-0.25, -0.2) is 0 Å². The van der Waals surface area contributed by atoms with Crippen LogP contribution in [0.1, 0.15) is 21.6 Å². The maximum atomic E-state index is 12.6. The van der Waals surface area contributed by atoms with Crippen molar-refractivity contribution < 1.29 is 9.53 Å². The molecular weight excluding hydrogens is 350 g/mol. The van der Waals surface area contributed by atoms with Crippen molar-refractivity contribution in [2.75, 3.05) is 13.7 Å². The quantitative estimate of drug-likeness (QED) is 0.719. The molecule has 1 atom stereocenters. The summed E-state index contributed by atoms with van der Waals surface area (Å²) in [5.74, 6) is 0.693. The number of amides is 1. The van der Waals surface area contributed by atoms with Crippen molar-refractivity contribution in [3.05, 3.63) is 89.7 Å². The third kappa shape index (κ3) is 4.10. The smallest absolute Gasteiger partial charge is 0.251 e. The molecule has 5 nitrogen and oxygen atoms in total. The predicted octanol–water partition coefficient (Wildman–Crippen LogP) is 3.31. The molecule has 1 aromatic heterocycles. The standard InChI is InChI=1S/C23H25N3O2/c1-28-22-11-9-19(10-12-22)23(27)24-14-21-17-25-13-5-8-20(25)16-26(21)15-18-6-3-2-4-7-18/h2-13,21H,14-17H2,1H3,(H,24,27). The number of aromatic nitrogens is 1. The predicted molar refractivity (Wildman–Crippen MR) is 109 cm³/mol. The maximum absolute atomic E-state index is 12.6. The fraction of sp³-hybridized carbons (Fsp3) is 0.261. The molecule has 2 heterocycles. The lowest BCUT2D eigenvalue weighted by molar-refractivity contribution is 0.0898. The number of carbonyl (C=O) groups excluding carboxylic acids is 1. The normalized spacial score (nSPS) is 16.4. The van der Waals surface area contributed by atoms with Crippen molar-refractivity contribution in [3.63, 3.8) is 0 Å². The van der Waals surface area contributed by atoms with Gasteiger partial charge in [0.2, 0.25) is 0 Å². The second-order valence-corrected chi connectivity index (χ2v) is 7.13. The zero-order chi connectivity index (χ0) is 19.3. The minimum absolute atomic E-state index is 0.0550. The van der Waals surface area contributed by atoms with Gasteiger partial charge in [-0.1, -0.05) is 30.3 Å². The van der Waals surface area contributed by atoms with Crippen LogP contribution in [0.25, 0.3) is 0 Å². The van der Waals surface area contributed by atoms with Crippen LogP contribution in [0.4, 0.5) is 0 Å². The first-order chi connectivity index (χ1) is 13.7. The number of hydrogen-bond acceptors (Lipinski definition) is 3. The molecule has 0 fully saturated rings. The van der Waals surface area contributed by atoms with Crippen LogP contribution in [-0.4, -0.2) is 35.1 Å². The van der Waals surface area contributed by atoms with Gasteiger partial charge in [-0.3, -0.25) is 9.69 Å². The van der Waals surface area contributed by atoms with Gasteiger partial charge in [0.25, 0.3) is 5.91 Å². The van der Waals surface area contributed by atoms with Crippen molar-refractivity contribution in [2.24, 2.45) is 0 Å². The number of benzene rings is 2. The van der Waals surface area contributed by atoms with Crippen LogP contribution in [0.15, 0.2) is 72.9 Å². The van der Waals surface area contributed by atoms with Gasteiger partial charge < -0.3 is 14.6 Å². The first-order valence-corrected chi connectivity index (χ1v) is 9.57. The first kappa shape index (κ1) is 18.3. The van der Waals surface area contributed by atoms with E-state index >= 15 is 0 Å². The molecule has 0 saturated carbocycles. The van der Waals surface area contributed by atoms with Crippen LogP contribution in [-0.2, 0) is 19.6 Å². The van der Waals surface area contributed by atoms with E-state index in [9.17, 15) is 4.79 Å². The Balaban J connectivity index is 1.44. The molecule has 1 amide bonds. The van der Waals surface area contributed by atoms with Crippen molar-refractivity contribution in [2.45, 2.75) is 25.7 Å². The van der Waals surface area contributed by atoms with Gasteiger partial charge >= 0.3 is 0 Å². The molecule has 144 valence electrons. The Morgan fingerprint density at radius 3 is 2.61 bits per heavy atom. The molecule has 1 aliphatic rings. The van der Waals surface area contributed by atoms with Crippen molar-refractivity contribution >= 4 is 5.91 Å². The molecule has 0 saturated heterocycles. The average molecular weight is 375 g/mol. The van der Waals surface area contributed by atoms with E-state index in [1.165, 1.54) is 11.3 Å². The van der Waals surface area contributed by atoms with Crippen LogP contribution in [0.3, 0.4) is 0 Å². The minimum Gasteiger partial charge on any atom is -0.497 e. The summed E-state index contributed by atoms with van der Waals surface area (Å²) in [7, 11) is 1.62. The SMILES string of the molecule is COc1ccc(C(=O)NCC2Cn3cccc3CN2Cc2ccccc2)cc1. The molecule has 1 N–H and O–H groups in total. The van der Waals surface area contributed by atoms with E-state index in [1.54, 1.807) is 19.2 Å². The van der Waals surface area contributed by atoms with Gasteiger partial charge in [0.05, 0.1) is 7.11 Å². The summed E-state index contributed by atoms with van der Waals surface area (Å²) < 4.78 is 7.44. The zero-order valence-electron chi connectivity index (χ0n) is 16.0. The van der Waals surface area contributed by atoms with E-state index in [2.05, 4.69) is 57.4 Å². The number of fused-ring (bicyclic) bond motifs is 1. The highest BCUT2D eigenvalue weighted by Gasteiger charge is 2.26. The molecule has 3 aromatic rings. The van der Waals surface area contributed by atoms with Gasteiger partial charge in [0.1, 0.15) is 5.75 Å². The molecular formula is C23H25N3O2. The minimum atomic E-state index is -0.0550. The highest BCUT2D eigenvalue weighted by atomic mass is 16.5. The van der Waals surface area contributed by atoms with Gasteiger partial charge in [0, 0.05) is 49.7 Å². The summed E-state index contributed by atoms with van der Waals surface area (Å²) in [5.41, 5.74) is 3.25. The molecule has 0 bridgehead atoms. The number of nitrogens with zero attached hydrogens (tertiary/aromatic N) is 2. The van der Waals surface area contributed by atoms with E-state index in [1.807, 2.05) is 18.2 Å². The number of hydrogen-bond donors (Lipinski definition) is 1. The number of nitrogens with one attached hydrogen (secondary N) is 1. The number of methoxy groups -OCH3 is 1. The molecule has 0 spiro atoms. The fourth-order valence-corrected chi connectivity index (χ4v) is 3.70. The highest BCUT2D eigenvalue weighted by Crippen LogP contribution is 2.21. The van der Waals surface area contributed by atoms with Gasteiger partial charge in [0.15, 0.2) is 0 Å². The summed E-state index contributed by atoms with van der Waals surface area (Å²) in [5, 5.41) is 3.11. The van der Waals surface area contributed by atoms with E-state index < -0.39 is 0 Å². The Kier molecular flexibility index (Phi) is 5.44. The molecule has 2 aromatic carbocycles. The van der Waals surface area contributed by atoms with Crippen LogP contribution < -0.4 is 10.1 Å². The molecule has 0 radical (unpaired) electrons. The number of rotatable bonds is 6. The van der Waals surface area contributed by atoms with Crippen molar-refractivity contribution in [3.8, 4) is 5.75 Å². The third-order valence-electron chi connectivity index (χ3n) is 5.29. The lowest BCUT2D eigenvalue weighted by Crippen LogP contribution is -2.48. The second kappa shape index (κ2) is 8.31. The average Bonchev–Trinajstić information content (AvgIpc) is 3.20. The molecule has 1 aliphatic heterocycles.